The highest BCUT2D eigenvalue weighted by Crippen LogP contribution is 2.42. The molecule has 0 saturated heterocycles. The molecule has 2 heteroatoms. The van der Waals surface area contributed by atoms with Gasteiger partial charge in [0.1, 0.15) is 0 Å². The molecule has 7 aromatic carbocycles. The summed E-state index contributed by atoms with van der Waals surface area (Å²) in [7, 11) is 2.18. The Morgan fingerprint density at radius 2 is 0.956 bits per heavy atom. The molecule has 8 rings (SSSR count). The molecule has 1 aromatic heterocycles. The van der Waals surface area contributed by atoms with E-state index >= 15 is 0 Å². The van der Waals surface area contributed by atoms with Gasteiger partial charge in [0, 0.05) is 40.4 Å². The van der Waals surface area contributed by atoms with Crippen LogP contribution in [0.2, 0.25) is 0 Å². The van der Waals surface area contributed by atoms with Crippen molar-refractivity contribution in [3.63, 3.8) is 0 Å². The molecule has 2 nitrogen and oxygen atoms in total. The van der Waals surface area contributed by atoms with Crippen LogP contribution in [0.5, 0.6) is 0 Å². The number of rotatable bonds is 6. The van der Waals surface area contributed by atoms with Crippen molar-refractivity contribution in [1.82, 2.24) is 4.57 Å². The van der Waals surface area contributed by atoms with Gasteiger partial charge in [0.15, 0.2) is 0 Å². The number of nitrogens with zero attached hydrogens (tertiary/aromatic N) is 2. The summed E-state index contributed by atoms with van der Waals surface area (Å²) in [5.41, 5.74) is 13.1. The van der Waals surface area contributed by atoms with Crippen molar-refractivity contribution in [2.45, 2.75) is 0 Å². The first kappa shape index (κ1) is 26.7. The highest BCUT2D eigenvalue weighted by atomic mass is 15.1. The molecule has 0 atom stereocenters. The van der Waals surface area contributed by atoms with Crippen LogP contribution in [0.1, 0.15) is 0 Å². The Kier molecular flexibility index (Phi) is 6.73. The van der Waals surface area contributed by atoms with E-state index < -0.39 is 0 Å². The van der Waals surface area contributed by atoms with Gasteiger partial charge in [-0.3, -0.25) is 0 Å². The summed E-state index contributed by atoms with van der Waals surface area (Å²) in [5, 5.41) is 2.48. The Bertz CT molecular complexity index is 2250. The third-order valence-corrected chi connectivity index (χ3v) is 8.81. The smallest absolute Gasteiger partial charge is 0.0548 e. The monoisotopic (exact) mass is 576 g/mol. The van der Waals surface area contributed by atoms with Crippen molar-refractivity contribution in [3.05, 3.63) is 176 Å². The second kappa shape index (κ2) is 11.3. The lowest BCUT2D eigenvalue weighted by atomic mass is 9.99. The van der Waals surface area contributed by atoms with Crippen molar-refractivity contribution in [2.75, 3.05) is 11.9 Å². The first-order valence-electron chi connectivity index (χ1n) is 15.4. The molecule has 0 fully saturated rings. The predicted molar refractivity (Wildman–Crippen MR) is 192 cm³/mol. The minimum Gasteiger partial charge on any atom is -0.344 e. The highest BCUT2D eigenvalue weighted by Gasteiger charge is 2.19. The minimum atomic E-state index is 1.15. The number of para-hydroxylation sites is 1. The number of aromatic nitrogens is 1. The standard InChI is InChI=1S/C43H32N2/c1-44(37-21-13-20-35(28-37)32-16-7-3-8-17-32)42-30-40-38-22-11-12-23-41(38)45(43(40)29-39(42)34-18-9-4-10-19-34)36-26-24-33(25-27-36)31-14-5-2-6-15-31/h2-30H,1H3. The van der Waals surface area contributed by atoms with Crippen molar-refractivity contribution in [2.24, 2.45) is 0 Å². The molecular weight excluding hydrogens is 544 g/mol. The fourth-order valence-corrected chi connectivity index (χ4v) is 6.51. The third kappa shape index (κ3) is 4.87. The topological polar surface area (TPSA) is 8.17 Å². The maximum atomic E-state index is 2.41. The molecule has 8 aromatic rings. The Hall–Kier alpha value is -5.86. The van der Waals surface area contributed by atoms with E-state index in [1.807, 2.05) is 0 Å². The van der Waals surface area contributed by atoms with Gasteiger partial charge in [-0.25, -0.2) is 0 Å². The van der Waals surface area contributed by atoms with Crippen LogP contribution in [0.25, 0.3) is 60.9 Å². The van der Waals surface area contributed by atoms with Crippen LogP contribution in [0.3, 0.4) is 0 Å². The average Bonchev–Trinajstić information content (AvgIpc) is 3.45. The number of fused-ring (bicyclic) bond motifs is 3. The van der Waals surface area contributed by atoms with Gasteiger partial charge in [-0.15, -0.1) is 0 Å². The maximum absolute atomic E-state index is 2.41. The number of benzene rings is 7. The van der Waals surface area contributed by atoms with Crippen LogP contribution >= 0.6 is 0 Å². The van der Waals surface area contributed by atoms with Gasteiger partial charge in [0.25, 0.3) is 0 Å². The van der Waals surface area contributed by atoms with E-state index in [-0.39, 0.29) is 0 Å². The van der Waals surface area contributed by atoms with Gasteiger partial charge < -0.3 is 9.47 Å². The normalized spacial score (nSPS) is 11.2. The second-order valence-electron chi connectivity index (χ2n) is 11.5. The van der Waals surface area contributed by atoms with Gasteiger partial charge >= 0.3 is 0 Å². The van der Waals surface area contributed by atoms with Gasteiger partial charge in [0.2, 0.25) is 0 Å². The zero-order chi connectivity index (χ0) is 30.2. The largest absolute Gasteiger partial charge is 0.344 e. The van der Waals surface area contributed by atoms with Gasteiger partial charge in [-0.05, 0) is 70.3 Å². The van der Waals surface area contributed by atoms with Crippen molar-refractivity contribution in [1.29, 1.82) is 0 Å². The third-order valence-electron chi connectivity index (χ3n) is 8.81. The average molecular weight is 577 g/mol. The minimum absolute atomic E-state index is 1.15. The molecule has 0 aliphatic carbocycles. The molecule has 214 valence electrons. The van der Waals surface area contributed by atoms with Gasteiger partial charge in [0.05, 0.1) is 11.0 Å². The van der Waals surface area contributed by atoms with E-state index in [1.54, 1.807) is 0 Å². The fraction of sp³-hybridized carbons (Fsp3) is 0.0233. The quantitative estimate of drug-likeness (QED) is 0.191. The van der Waals surface area contributed by atoms with Crippen molar-refractivity contribution < 1.29 is 0 Å². The Morgan fingerprint density at radius 3 is 1.64 bits per heavy atom. The van der Waals surface area contributed by atoms with Gasteiger partial charge in [-0.1, -0.05) is 133 Å². The molecule has 1 heterocycles. The molecule has 45 heavy (non-hydrogen) atoms. The fourth-order valence-electron chi connectivity index (χ4n) is 6.51. The van der Waals surface area contributed by atoms with Crippen LogP contribution in [-0.2, 0) is 0 Å². The molecule has 0 unspecified atom stereocenters. The Morgan fingerprint density at radius 1 is 0.400 bits per heavy atom. The van der Waals surface area contributed by atoms with E-state index in [0.717, 1.165) is 11.4 Å². The lowest BCUT2D eigenvalue weighted by Gasteiger charge is -2.24. The molecule has 0 spiro atoms. The summed E-state index contributed by atoms with van der Waals surface area (Å²) in [4.78, 5) is 2.33. The SMILES string of the molecule is CN(c1cccc(-c2ccccc2)c1)c1cc2c3ccccc3n(-c3ccc(-c4ccccc4)cc3)c2cc1-c1ccccc1. The molecule has 0 aliphatic rings. The lowest BCUT2D eigenvalue weighted by molar-refractivity contribution is 1.18. The molecular formula is C43H32N2. The predicted octanol–water partition coefficient (Wildman–Crippen LogP) is 11.6. The first-order chi connectivity index (χ1) is 22.2. The van der Waals surface area contributed by atoms with Crippen LogP contribution in [-0.4, -0.2) is 11.6 Å². The maximum Gasteiger partial charge on any atom is 0.0548 e. The van der Waals surface area contributed by atoms with Gasteiger partial charge in [-0.2, -0.15) is 0 Å². The molecule has 0 amide bonds. The van der Waals surface area contributed by atoms with E-state index in [0.29, 0.717) is 0 Å². The zero-order valence-electron chi connectivity index (χ0n) is 25.1. The Balaban J connectivity index is 1.33. The molecule has 0 bridgehead atoms. The van der Waals surface area contributed by atoms with E-state index in [2.05, 4.69) is 192 Å². The van der Waals surface area contributed by atoms with Crippen LogP contribution in [0.15, 0.2) is 176 Å². The number of anilines is 2. The summed E-state index contributed by atoms with van der Waals surface area (Å²) in [6, 6.07) is 63.2. The summed E-state index contributed by atoms with van der Waals surface area (Å²) in [6.45, 7) is 0. The number of hydrogen-bond acceptors (Lipinski definition) is 1. The summed E-state index contributed by atoms with van der Waals surface area (Å²) >= 11 is 0. The summed E-state index contributed by atoms with van der Waals surface area (Å²) < 4.78 is 2.41. The molecule has 0 N–H and O–H groups in total. The summed E-state index contributed by atoms with van der Waals surface area (Å²) in [5.74, 6) is 0. The highest BCUT2D eigenvalue weighted by molar-refractivity contribution is 6.12. The van der Waals surface area contributed by atoms with Crippen molar-refractivity contribution >= 4 is 33.2 Å². The summed E-state index contributed by atoms with van der Waals surface area (Å²) in [6.07, 6.45) is 0. The molecule has 0 radical (unpaired) electrons. The van der Waals surface area contributed by atoms with Crippen LogP contribution in [0.4, 0.5) is 11.4 Å². The van der Waals surface area contributed by atoms with E-state index in [4.69, 9.17) is 0 Å². The van der Waals surface area contributed by atoms with E-state index in [1.165, 1.54) is 60.9 Å². The second-order valence-corrected chi connectivity index (χ2v) is 11.5. The number of hydrogen-bond donors (Lipinski definition) is 0. The zero-order valence-corrected chi connectivity index (χ0v) is 25.1. The first-order valence-corrected chi connectivity index (χ1v) is 15.4. The van der Waals surface area contributed by atoms with Crippen molar-refractivity contribution in [3.8, 4) is 39.1 Å². The van der Waals surface area contributed by atoms with Crippen LogP contribution in [0, 0.1) is 0 Å². The molecule has 0 aliphatic heterocycles. The lowest BCUT2D eigenvalue weighted by Crippen LogP contribution is -2.11. The Labute approximate surface area is 264 Å². The molecule has 0 saturated carbocycles. The van der Waals surface area contributed by atoms with E-state index in [9.17, 15) is 0 Å². The van der Waals surface area contributed by atoms with Crippen LogP contribution < -0.4 is 4.90 Å².